The summed E-state index contributed by atoms with van der Waals surface area (Å²) in [5.41, 5.74) is 1.18. The average molecular weight is 565 g/mol. The average Bonchev–Trinajstić information content (AvgIpc) is 3.47. The van der Waals surface area contributed by atoms with E-state index in [4.69, 9.17) is 14.2 Å². The summed E-state index contributed by atoms with van der Waals surface area (Å²) in [5.74, 6) is -1.45. The zero-order chi connectivity index (χ0) is 28.8. The summed E-state index contributed by atoms with van der Waals surface area (Å²) in [6, 6.07) is 12.7. The minimum atomic E-state index is -0.999. The monoisotopic (exact) mass is 564 g/mol. The molecule has 2 aromatic carbocycles. The molecule has 0 aliphatic carbocycles. The van der Waals surface area contributed by atoms with Crippen molar-refractivity contribution >= 4 is 39.9 Å². The number of benzene rings is 2. The molecule has 1 N–H and O–H groups in total. The topological polar surface area (TPSA) is 115 Å². The third-order valence-electron chi connectivity index (χ3n) is 6.15. The van der Waals surface area contributed by atoms with Crippen LogP contribution in [0.5, 0.6) is 11.5 Å². The second-order valence-electron chi connectivity index (χ2n) is 9.09. The number of amides is 1. The Labute approximate surface area is 237 Å². The van der Waals surface area contributed by atoms with Crippen LogP contribution in [0.3, 0.4) is 0 Å². The molecule has 9 nitrogen and oxygen atoms in total. The van der Waals surface area contributed by atoms with E-state index in [1.54, 1.807) is 62.4 Å². The molecule has 0 saturated carbocycles. The number of Topliss-reactive ketones (excluding diaryl/α,β-unsaturated/α-hetero) is 1. The molecule has 1 amide bonds. The van der Waals surface area contributed by atoms with Crippen LogP contribution in [0.15, 0.2) is 54.1 Å². The van der Waals surface area contributed by atoms with Crippen molar-refractivity contribution in [1.29, 1.82) is 0 Å². The summed E-state index contributed by atoms with van der Waals surface area (Å²) in [6.07, 6.45) is 1.65. The van der Waals surface area contributed by atoms with Crippen LogP contribution in [0.2, 0.25) is 0 Å². The van der Waals surface area contributed by atoms with Crippen LogP contribution in [-0.4, -0.2) is 47.6 Å². The van der Waals surface area contributed by atoms with Gasteiger partial charge < -0.3 is 19.3 Å². The summed E-state index contributed by atoms with van der Waals surface area (Å²) in [5, 5.41) is 11.6. The Morgan fingerprint density at radius 3 is 2.33 bits per heavy atom. The van der Waals surface area contributed by atoms with E-state index in [0.717, 1.165) is 24.2 Å². The highest BCUT2D eigenvalue weighted by molar-refractivity contribution is 7.17. The Morgan fingerprint density at radius 2 is 1.68 bits per heavy atom. The number of rotatable bonds is 11. The number of aliphatic hydroxyl groups excluding tert-OH is 1. The van der Waals surface area contributed by atoms with E-state index in [1.165, 1.54) is 4.90 Å². The normalized spacial score (nSPS) is 16.3. The van der Waals surface area contributed by atoms with Gasteiger partial charge >= 0.3 is 11.9 Å². The fourth-order valence-electron chi connectivity index (χ4n) is 4.29. The summed E-state index contributed by atoms with van der Waals surface area (Å²) < 4.78 is 16.5. The number of aryl methyl sites for hydroxylation is 1. The summed E-state index contributed by atoms with van der Waals surface area (Å²) in [4.78, 5) is 45.4. The number of hydrogen-bond donors (Lipinski definition) is 1. The van der Waals surface area contributed by atoms with Crippen LogP contribution < -0.4 is 14.4 Å². The van der Waals surface area contributed by atoms with Crippen molar-refractivity contribution in [2.75, 3.05) is 24.7 Å². The van der Waals surface area contributed by atoms with Crippen LogP contribution in [0, 0.1) is 6.92 Å². The number of hydrogen-bond acceptors (Lipinski definition) is 9. The molecule has 3 aromatic rings. The summed E-state index contributed by atoms with van der Waals surface area (Å²) in [6.45, 7) is 8.55. The minimum absolute atomic E-state index is 0.0922. The lowest BCUT2D eigenvalue weighted by atomic mass is 9.95. The van der Waals surface area contributed by atoms with Gasteiger partial charge in [-0.3, -0.25) is 14.5 Å². The van der Waals surface area contributed by atoms with E-state index in [2.05, 4.69) is 4.98 Å². The predicted octanol–water partition coefficient (Wildman–Crippen LogP) is 5.83. The van der Waals surface area contributed by atoms with Gasteiger partial charge in [0.2, 0.25) is 0 Å². The van der Waals surface area contributed by atoms with Gasteiger partial charge in [0.15, 0.2) is 5.13 Å². The van der Waals surface area contributed by atoms with Crippen LogP contribution in [-0.2, 0) is 14.3 Å². The molecular formula is C30H32N2O7S. The lowest BCUT2D eigenvalue weighted by Gasteiger charge is -2.23. The maximum atomic E-state index is 13.5. The molecule has 0 bridgehead atoms. The highest BCUT2D eigenvalue weighted by Gasteiger charge is 2.48. The maximum absolute atomic E-state index is 13.5. The van der Waals surface area contributed by atoms with Gasteiger partial charge in [0.25, 0.3) is 5.78 Å². The fraction of sp³-hybridized carbons (Fsp3) is 0.333. The predicted molar refractivity (Wildman–Crippen MR) is 152 cm³/mol. The molecular weight excluding hydrogens is 532 g/mol. The number of nitrogens with zero attached hydrogens (tertiary/aromatic N) is 2. The molecule has 1 fully saturated rings. The molecule has 210 valence electrons. The number of aromatic nitrogens is 1. The van der Waals surface area contributed by atoms with Gasteiger partial charge in [-0.15, -0.1) is 0 Å². The van der Waals surface area contributed by atoms with Crippen LogP contribution in [0.4, 0.5) is 5.13 Å². The smallest absolute Gasteiger partial charge is 0.350 e. The first-order chi connectivity index (χ1) is 19.3. The Kier molecular flexibility index (Phi) is 9.21. The van der Waals surface area contributed by atoms with Crippen LogP contribution in [0.1, 0.15) is 66.1 Å². The van der Waals surface area contributed by atoms with E-state index in [0.29, 0.717) is 41.5 Å². The maximum Gasteiger partial charge on any atom is 0.350 e. The number of thiazole rings is 1. The van der Waals surface area contributed by atoms with Crippen molar-refractivity contribution in [2.45, 2.75) is 46.6 Å². The summed E-state index contributed by atoms with van der Waals surface area (Å²) in [7, 11) is 0. The lowest BCUT2D eigenvalue weighted by Crippen LogP contribution is -2.29. The third-order valence-corrected chi connectivity index (χ3v) is 7.28. The number of anilines is 1. The standard InChI is InChI=1S/C30H32N2O7S/c1-5-15-38-21-13-11-19(12-14-21)24-23(25(33)20-9-8-10-22(17-20)39-16-6-2)26(34)28(35)32(24)30-31-18(4)27(40-30)29(36)37-7-3/h8-14,17,24,33H,5-7,15-16H2,1-4H3/b25-23+. The van der Waals surface area contributed by atoms with Gasteiger partial charge in [0, 0.05) is 5.56 Å². The third kappa shape index (κ3) is 5.86. The molecule has 0 radical (unpaired) electrons. The van der Waals surface area contributed by atoms with Crippen molar-refractivity contribution in [3.05, 3.63) is 75.8 Å². The van der Waals surface area contributed by atoms with Gasteiger partial charge in [-0.25, -0.2) is 9.78 Å². The minimum Gasteiger partial charge on any atom is -0.507 e. The van der Waals surface area contributed by atoms with Gasteiger partial charge in [0.1, 0.15) is 22.1 Å². The first-order valence-electron chi connectivity index (χ1n) is 13.2. The highest BCUT2D eigenvalue weighted by atomic mass is 32.1. The quantitative estimate of drug-likeness (QED) is 0.134. The van der Waals surface area contributed by atoms with E-state index in [-0.39, 0.29) is 27.9 Å². The van der Waals surface area contributed by atoms with Crippen LogP contribution in [0.25, 0.3) is 5.76 Å². The molecule has 40 heavy (non-hydrogen) atoms. The molecule has 1 aliphatic heterocycles. The number of esters is 1. The van der Waals surface area contributed by atoms with E-state index in [9.17, 15) is 19.5 Å². The Bertz CT molecular complexity index is 1430. The molecule has 0 spiro atoms. The van der Waals surface area contributed by atoms with Crippen molar-refractivity contribution in [1.82, 2.24) is 4.98 Å². The number of carbonyl (C=O) groups excluding carboxylic acids is 3. The second kappa shape index (κ2) is 12.8. The van der Waals surface area contributed by atoms with Crippen LogP contribution >= 0.6 is 11.3 Å². The zero-order valence-electron chi connectivity index (χ0n) is 22.9. The van der Waals surface area contributed by atoms with Crippen molar-refractivity contribution in [2.24, 2.45) is 0 Å². The SMILES string of the molecule is CCCOc1ccc(C2/C(=C(\O)c3cccc(OCCC)c3)C(=O)C(=O)N2c2nc(C)c(C(=O)OCC)s2)cc1. The molecule has 1 saturated heterocycles. The van der Waals surface area contributed by atoms with Gasteiger partial charge in [-0.05, 0) is 56.5 Å². The Morgan fingerprint density at radius 1 is 1.00 bits per heavy atom. The van der Waals surface area contributed by atoms with E-state index >= 15 is 0 Å². The van der Waals surface area contributed by atoms with Gasteiger partial charge in [0.05, 0.1) is 37.1 Å². The van der Waals surface area contributed by atoms with Crippen molar-refractivity contribution < 1.29 is 33.7 Å². The Balaban J connectivity index is 1.85. The molecule has 10 heteroatoms. The van der Waals surface area contributed by atoms with Crippen molar-refractivity contribution in [3.8, 4) is 11.5 Å². The summed E-state index contributed by atoms with van der Waals surface area (Å²) >= 11 is 0.963. The molecule has 1 atom stereocenters. The molecule has 1 aromatic heterocycles. The number of aliphatic hydroxyl groups is 1. The number of ketones is 1. The molecule has 1 unspecified atom stereocenters. The first kappa shape index (κ1) is 28.8. The van der Waals surface area contributed by atoms with E-state index < -0.39 is 23.7 Å². The van der Waals surface area contributed by atoms with E-state index in [1.807, 2.05) is 13.8 Å². The molecule has 4 rings (SSSR count). The van der Waals surface area contributed by atoms with Gasteiger partial charge in [-0.2, -0.15) is 0 Å². The Hall–Kier alpha value is -4.18. The highest BCUT2D eigenvalue weighted by Crippen LogP contribution is 2.44. The van der Waals surface area contributed by atoms with Crippen molar-refractivity contribution in [3.63, 3.8) is 0 Å². The second-order valence-corrected chi connectivity index (χ2v) is 10.1. The first-order valence-corrected chi connectivity index (χ1v) is 14.0. The molecule has 2 heterocycles. The number of ether oxygens (including phenoxy) is 3. The number of carbonyl (C=O) groups is 3. The lowest BCUT2D eigenvalue weighted by molar-refractivity contribution is -0.132. The zero-order valence-corrected chi connectivity index (χ0v) is 23.7. The fourth-order valence-corrected chi connectivity index (χ4v) is 5.28. The van der Waals surface area contributed by atoms with Gasteiger partial charge in [-0.1, -0.05) is 49.4 Å². The molecule has 1 aliphatic rings. The largest absolute Gasteiger partial charge is 0.507 e.